The van der Waals surface area contributed by atoms with E-state index in [1.54, 1.807) is 6.92 Å². The fraction of sp³-hybridized carbons (Fsp3) is 0.556. The molecule has 0 saturated carbocycles. The fourth-order valence-electron chi connectivity index (χ4n) is 2.59. The van der Waals surface area contributed by atoms with Crippen molar-refractivity contribution < 1.29 is 14.0 Å². The molecule has 1 rings (SSSR count). The Morgan fingerprint density at radius 2 is 1.71 bits per heavy atom. The Labute approximate surface area is 143 Å². The zero-order chi connectivity index (χ0) is 18.3. The number of hydrogen-bond acceptors (Lipinski definition) is 3. The van der Waals surface area contributed by atoms with Crippen LogP contribution in [0.3, 0.4) is 0 Å². The van der Waals surface area contributed by atoms with Crippen molar-refractivity contribution in [1.29, 1.82) is 0 Å². The van der Waals surface area contributed by atoms with Gasteiger partial charge < -0.3 is 16.4 Å². The molecule has 134 valence electrons. The van der Waals surface area contributed by atoms with E-state index in [1.165, 1.54) is 31.2 Å². The van der Waals surface area contributed by atoms with Gasteiger partial charge in [-0.2, -0.15) is 0 Å². The van der Waals surface area contributed by atoms with Gasteiger partial charge in [-0.1, -0.05) is 20.8 Å². The standard InChI is InChI=1S/C18H28FN3O2/c1-11(2)9-17(21-13(4)23)16(20)10-12(3)18(24)22-15-7-5-14(19)6-8-15/h5-8,11-12,16-17H,9-10,20H2,1-4H3,(H,21,23)(H,22,24)/t12-,16+,17+/m1/s1. The van der Waals surface area contributed by atoms with Gasteiger partial charge in [-0.05, 0) is 43.0 Å². The molecule has 0 saturated heterocycles. The van der Waals surface area contributed by atoms with E-state index in [-0.39, 0.29) is 35.6 Å². The van der Waals surface area contributed by atoms with Crippen LogP contribution < -0.4 is 16.4 Å². The third-order valence-corrected chi connectivity index (χ3v) is 3.82. The SMILES string of the molecule is CC(=O)N[C@@H](CC(C)C)[C@@H](N)C[C@@H](C)C(=O)Nc1ccc(F)cc1. The number of amides is 2. The number of rotatable bonds is 8. The highest BCUT2D eigenvalue weighted by molar-refractivity contribution is 5.92. The minimum atomic E-state index is -0.352. The summed E-state index contributed by atoms with van der Waals surface area (Å²) in [7, 11) is 0. The number of benzene rings is 1. The molecule has 5 nitrogen and oxygen atoms in total. The zero-order valence-electron chi connectivity index (χ0n) is 14.8. The van der Waals surface area contributed by atoms with Crippen molar-refractivity contribution in [2.75, 3.05) is 5.32 Å². The van der Waals surface area contributed by atoms with Crippen molar-refractivity contribution in [3.8, 4) is 0 Å². The lowest BCUT2D eigenvalue weighted by molar-refractivity contribution is -0.119. The van der Waals surface area contributed by atoms with E-state index in [1.807, 2.05) is 0 Å². The van der Waals surface area contributed by atoms with Crippen LogP contribution in [0.2, 0.25) is 0 Å². The summed E-state index contributed by atoms with van der Waals surface area (Å²) >= 11 is 0. The van der Waals surface area contributed by atoms with E-state index < -0.39 is 0 Å². The lowest BCUT2D eigenvalue weighted by Gasteiger charge is -2.28. The van der Waals surface area contributed by atoms with Crippen LogP contribution in [0.4, 0.5) is 10.1 Å². The number of carbonyl (C=O) groups is 2. The minimum Gasteiger partial charge on any atom is -0.352 e. The quantitative estimate of drug-likeness (QED) is 0.682. The molecule has 0 unspecified atom stereocenters. The average molecular weight is 337 g/mol. The average Bonchev–Trinajstić information content (AvgIpc) is 2.47. The van der Waals surface area contributed by atoms with Crippen LogP contribution in [0, 0.1) is 17.7 Å². The second-order valence-electron chi connectivity index (χ2n) is 6.73. The zero-order valence-corrected chi connectivity index (χ0v) is 14.8. The van der Waals surface area contributed by atoms with Gasteiger partial charge in [-0.3, -0.25) is 9.59 Å². The van der Waals surface area contributed by atoms with Gasteiger partial charge in [0, 0.05) is 30.6 Å². The maximum absolute atomic E-state index is 12.9. The Kier molecular flexibility index (Phi) is 7.85. The van der Waals surface area contributed by atoms with E-state index in [0.717, 1.165) is 6.42 Å². The summed E-state index contributed by atoms with van der Waals surface area (Å²) in [6, 6.07) is 5.13. The van der Waals surface area contributed by atoms with Crippen molar-refractivity contribution in [3.63, 3.8) is 0 Å². The van der Waals surface area contributed by atoms with Crippen molar-refractivity contribution >= 4 is 17.5 Å². The van der Waals surface area contributed by atoms with Crippen LogP contribution in [-0.4, -0.2) is 23.9 Å². The second-order valence-corrected chi connectivity index (χ2v) is 6.73. The first-order valence-electron chi connectivity index (χ1n) is 8.28. The molecule has 6 heteroatoms. The van der Waals surface area contributed by atoms with Crippen molar-refractivity contribution in [1.82, 2.24) is 5.32 Å². The highest BCUT2D eigenvalue weighted by Crippen LogP contribution is 2.16. The number of hydrogen-bond donors (Lipinski definition) is 3. The molecule has 0 aromatic heterocycles. The molecule has 24 heavy (non-hydrogen) atoms. The molecule has 0 aliphatic rings. The van der Waals surface area contributed by atoms with Crippen LogP contribution in [-0.2, 0) is 9.59 Å². The molecular formula is C18H28FN3O2. The van der Waals surface area contributed by atoms with Crippen molar-refractivity contribution in [2.45, 2.75) is 52.6 Å². The normalized spacial score (nSPS) is 14.8. The maximum Gasteiger partial charge on any atom is 0.227 e. The first-order chi connectivity index (χ1) is 11.2. The van der Waals surface area contributed by atoms with Gasteiger partial charge in [0.1, 0.15) is 5.82 Å². The summed E-state index contributed by atoms with van der Waals surface area (Å²) in [5.41, 5.74) is 6.77. The Balaban J connectivity index is 2.61. The minimum absolute atomic E-state index is 0.125. The van der Waals surface area contributed by atoms with Crippen LogP contribution in [0.25, 0.3) is 0 Å². The molecule has 0 spiro atoms. The molecule has 4 N–H and O–H groups in total. The van der Waals surface area contributed by atoms with Gasteiger partial charge in [-0.25, -0.2) is 4.39 Å². The van der Waals surface area contributed by atoms with E-state index in [2.05, 4.69) is 24.5 Å². The molecule has 2 amide bonds. The van der Waals surface area contributed by atoms with Crippen LogP contribution in [0.5, 0.6) is 0 Å². The van der Waals surface area contributed by atoms with Crippen molar-refractivity contribution in [3.05, 3.63) is 30.1 Å². The van der Waals surface area contributed by atoms with Gasteiger partial charge >= 0.3 is 0 Å². The lowest BCUT2D eigenvalue weighted by Crippen LogP contribution is -2.49. The topological polar surface area (TPSA) is 84.2 Å². The van der Waals surface area contributed by atoms with E-state index in [9.17, 15) is 14.0 Å². The largest absolute Gasteiger partial charge is 0.352 e. The number of halogens is 1. The highest BCUT2D eigenvalue weighted by atomic mass is 19.1. The molecule has 0 aliphatic heterocycles. The Morgan fingerprint density at radius 1 is 1.12 bits per heavy atom. The monoisotopic (exact) mass is 337 g/mol. The van der Waals surface area contributed by atoms with Crippen molar-refractivity contribution in [2.24, 2.45) is 17.6 Å². The lowest BCUT2D eigenvalue weighted by atomic mass is 9.91. The molecule has 1 aromatic carbocycles. The Hall–Kier alpha value is -1.95. The summed E-state index contributed by atoms with van der Waals surface area (Å²) in [5.74, 6) is -0.595. The molecule has 0 fully saturated rings. The smallest absolute Gasteiger partial charge is 0.227 e. The van der Waals surface area contributed by atoms with Crippen LogP contribution >= 0.6 is 0 Å². The molecule has 0 aliphatic carbocycles. The Morgan fingerprint density at radius 3 is 2.21 bits per heavy atom. The third kappa shape index (κ3) is 7.08. The van der Waals surface area contributed by atoms with Crippen LogP contribution in [0.15, 0.2) is 24.3 Å². The molecule has 0 heterocycles. The van der Waals surface area contributed by atoms with Crippen LogP contribution in [0.1, 0.15) is 40.5 Å². The first kappa shape index (κ1) is 20.1. The maximum atomic E-state index is 12.9. The number of nitrogens with one attached hydrogen (secondary N) is 2. The second kappa shape index (κ2) is 9.37. The third-order valence-electron chi connectivity index (χ3n) is 3.82. The van der Waals surface area contributed by atoms with E-state index >= 15 is 0 Å². The number of carbonyl (C=O) groups excluding carboxylic acids is 2. The molecular weight excluding hydrogens is 309 g/mol. The molecule has 0 radical (unpaired) electrons. The summed E-state index contributed by atoms with van der Waals surface area (Å²) < 4.78 is 12.9. The fourth-order valence-corrected chi connectivity index (χ4v) is 2.59. The van der Waals surface area contributed by atoms with E-state index in [4.69, 9.17) is 5.73 Å². The number of anilines is 1. The Bertz CT molecular complexity index is 546. The molecule has 0 bridgehead atoms. The van der Waals surface area contributed by atoms with E-state index in [0.29, 0.717) is 18.0 Å². The van der Waals surface area contributed by atoms with Gasteiger partial charge in [-0.15, -0.1) is 0 Å². The first-order valence-corrected chi connectivity index (χ1v) is 8.28. The predicted molar refractivity (Wildman–Crippen MR) is 93.8 cm³/mol. The number of nitrogens with two attached hydrogens (primary N) is 1. The van der Waals surface area contributed by atoms with Gasteiger partial charge in [0.15, 0.2) is 0 Å². The predicted octanol–water partition coefficient (Wildman–Crippen LogP) is 2.67. The summed E-state index contributed by atoms with van der Waals surface area (Å²) in [5, 5.41) is 5.62. The molecule has 3 atom stereocenters. The van der Waals surface area contributed by atoms with Gasteiger partial charge in [0.2, 0.25) is 11.8 Å². The summed E-state index contributed by atoms with van der Waals surface area (Å²) in [6.45, 7) is 7.38. The summed E-state index contributed by atoms with van der Waals surface area (Å²) in [4.78, 5) is 23.6. The molecule has 1 aromatic rings. The van der Waals surface area contributed by atoms with Gasteiger partial charge in [0.05, 0.1) is 0 Å². The highest BCUT2D eigenvalue weighted by Gasteiger charge is 2.24. The summed E-state index contributed by atoms with van der Waals surface area (Å²) in [6.07, 6.45) is 1.21. The van der Waals surface area contributed by atoms with Gasteiger partial charge in [0.25, 0.3) is 0 Å².